The fourth-order valence-corrected chi connectivity index (χ4v) is 5.13. The van der Waals surface area contributed by atoms with Crippen molar-refractivity contribution in [2.75, 3.05) is 6.54 Å². The van der Waals surface area contributed by atoms with Crippen LogP contribution in [0, 0.1) is 23.2 Å². The molecule has 0 bridgehead atoms. The molecule has 0 saturated carbocycles. The molecule has 1 saturated heterocycles. The zero-order valence-corrected chi connectivity index (χ0v) is 22.1. The van der Waals surface area contributed by atoms with Gasteiger partial charge in [-0.1, -0.05) is 54.5 Å². The van der Waals surface area contributed by atoms with Crippen LogP contribution in [0.15, 0.2) is 83.4 Å². The molecule has 194 valence electrons. The molecule has 1 aliphatic rings. The number of likely N-dealkylation sites (tertiary alicyclic amines) is 1. The maximum absolute atomic E-state index is 13.7. The number of oxazole rings is 1. The molecule has 2 atom stereocenters. The summed E-state index contributed by atoms with van der Waals surface area (Å²) < 4.78 is 6.23. The molecule has 2 heterocycles. The fourth-order valence-electron chi connectivity index (χ4n) is 5.13. The number of aromatic nitrogens is 1. The highest BCUT2D eigenvalue weighted by molar-refractivity contribution is 5.97. The smallest absolute Gasteiger partial charge is 0.254 e. The number of carbonyl (C=O) groups excluding carboxylic acids is 1. The molecule has 1 aromatic heterocycles. The van der Waals surface area contributed by atoms with Crippen LogP contribution in [0.4, 0.5) is 0 Å². The summed E-state index contributed by atoms with van der Waals surface area (Å²) in [6.07, 6.45) is 4.00. The molecular weight excluding hydrogens is 484 g/mol. The van der Waals surface area contributed by atoms with E-state index in [4.69, 9.17) is 10.2 Å². The Bertz CT molecular complexity index is 1600. The SMILES string of the molecule is CC#C[C@H]1CCCN1C(=O)c1cc(-c2ncc([C@@](C)(N)Cc3ccccc3)o2)cc(-c2ccccc2C#N)c1. The lowest BCUT2D eigenvalue weighted by Gasteiger charge is -2.22. The van der Waals surface area contributed by atoms with E-state index >= 15 is 0 Å². The zero-order chi connectivity index (χ0) is 27.4. The van der Waals surface area contributed by atoms with Gasteiger partial charge in [-0.25, -0.2) is 4.98 Å². The van der Waals surface area contributed by atoms with Gasteiger partial charge in [-0.05, 0) is 74.1 Å². The molecule has 6 nitrogen and oxygen atoms in total. The third kappa shape index (κ3) is 5.48. The highest BCUT2D eigenvalue weighted by Crippen LogP contribution is 2.33. The van der Waals surface area contributed by atoms with Crippen molar-refractivity contribution in [2.24, 2.45) is 5.73 Å². The molecule has 0 radical (unpaired) electrons. The Labute approximate surface area is 229 Å². The van der Waals surface area contributed by atoms with Crippen LogP contribution in [-0.4, -0.2) is 28.4 Å². The van der Waals surface area contributed by atoms with E-state index in [9.17, 15) is 10.1 Å². The van der Waals surface area contributed by atoms with E-state index < -0.39 is 5.54 Å². The molecule has 0 spiro atoms. The lowest BCUT2D eigenvalue weighted by molar-refractivity contribution is 0.0766. The fraction of sp³-hybridized carbons (Fsp3) is 0.242. The summed E-state index contributed by atoms with van der Waals surface area (Å²) in [5, 5.41) is 9.74. The Hall–Kier alpha value is -4.65. The second-order valence-corrected chi connectivity index (χ2v) is 10.1. The molecule has 1 aliphatic heterocycles. The van der Waals surface area contributed by atoms with E-state index in [-0.39, 0.29) is 11.9 Å². The van der Waals surface area contributed by atoms with E-state index in [2.05, 4.69) is 22.9 Å². The van der Waals surface area contributed by atoms with Crippen LogP contribution in [0.25, 0.3) is 22.6 Å². The third-order valence-electron chi connectivity index (χ3n) is 7.09. The number of nitrogens with zero attached hydrogens (tertiary/aromatic N) is 3. The van der Waals surface area contributed by atoms with Gasteiger partial charge in [0.15, 0.2) is 0 Å². The standard InChI is InChI=1S/C33H30N4O2/c1-3-10-28-14-9-16-37(28)32(38)27-18-25(29-15-8-7-13-24(29)21-34)17-26(19-27)31-36-22-30(39-31)33(2,35)20-23-11-5-4-6-12-23/h4-8,11-13,15,17-19,22,28H,9,14,16,20,35H2,1-2H3/t28-,33-/m0/s1. The van der Waals surface area contributed by atoms with Crippen LogP contribution >= 0.6 is 0 Å². The minimum atomic E-state index is -0.780. The van der Waals surface area contributed by atoms with Crippen LogP contribution in [0.1, 0.15) is 53.9 Å². The molecule has 4 aromatic rings. The van der Waals surface area contributed by atoms with Gasteiger partial charge in [-0.3, -0.25) is 4.79 Å². The Morgan fingerprint density at radius 1 is 1.13 bits per heavy atom. The maximum Gasteiger partial charge on any atom is 0.254 e. The lowest BCUT2D eigenvalue weighted by atomic mass is 9.92. The average Bonchev–Trinajstić information content (AvgIpc) is 3.64. The summed E-state index contributed by atoms with van der Waals surface area (Å²) in [7, 11) is 0. The van der Waals surface area contributed by atoms with Crippen molar-refractivity contribution in [3.63, 3.8) is 0 Å². The predicted molar refractivity (Wildman–Crippen MR) is 151 cm³/mol. The first-order chi connectivity index (χ1) is 18.9. The number of amides is 1. The topological polar surface area (TPSA) is 96.2 Å². The summed E-state index contributed by atoms with van der Waals surface area (Å²) in [6.45, 7) is 4.36. The van der Waals surface area contributed by atoms with Crippen LogP contribution in [-0.2, 0) is 12.0 Å². The second kappa shape index (κ2) is 11.0. The molecule has 1 amide bonds. The maximum atomic E-state index is 13.7. The number of rotatable bonds is 6. The third-order valence-corrected chi connectivity index (χ3v) is 7.09. The van der Waals surface area contributed by atoms with Crippen LogP contribution in [0.3, 0.4) is 0 Å². The van der Waals surface area contributed by atoms with E-state index in [0.29, 0.717) is 41.3 Å². The Balaban J connectivity index is 1.56. The number of nitriles is 1. The molecule has 5 rings (SSSR count). The highest BCUT2D eigenvalue weighted by Gasteiger charge is 2.30. The monoisotopic (exact) mass is 514 g/mol. The summed E-state index contributed by atoms with van der Waals surface area (Å²) in [4.78, 5) is 20.1. The van der Waals surface area contributed by atoms with E-state index in [1.807, 2.05) is 72.5 Å². The summed E-state index contributed by atoms with van der Waals surface area (Å²) in [5.74, 6) is 6.93. The van der Waals surface area contributed by atoms with Gasteiger partial charge in [-0.2, -0.15) is 5.26 Å². The number of benzene rings is 3. The van der Waals surface area contributed by atoms with Crippen molar-refractivity contribution in [1.29, 1.82) is 5.26 Å². The van der Waals surface area contributed by atoms with Gasteiger partial charge in [0.1, 0.15) is 5.76 Å². The quantitative estimate of drug-likeness (QED) is 0.322. The number of hydrogen-bond donors (Lipinski definition) is 1. The van der Waals surface area contributed by atoms with Crippen molar-refractivity contribution in [1.82, 2.24) is 9.88 Å². The van der Waals surface area contributed by atoms with Gasteiger partial charge >= 0.3 is 0 Å². The van der Waals surface area contributed by atoms with Crippen LogP contribution < -0.4 is 5.73 Å². The highest BCUT2D eigenvalue weighted by atomic mass is 16.4. The van der Waals surface area contributed by atoms with E-state index in [1.165, 1.54) is 0 Å². The minimum absolute atomic E-state index is 0.0997. The number of hydrogen-bond acceptors (Lipinski definition) is 5. The van der Waals surface area contributed by atoms with Gasteiger partial charge in [0, 0.05) is 17.7 Å². The first-order valence-electron chi connectivity index (χ1n) is 13.1. The Morgan fingerprint density at radius 2 is 1.87 bits per heavy atom. The molecule has 3 aromatic carbocycles. The molecular formula is C33H30N4O2. The Morgan fingerprint density at radius 3 is 2.64 bits per heavy atom. The van der Waals surface area contributed by atoms with Crippen molar-refractivity contribution in [3.8, 4) is 40.5 Å². The Kier molecular flexibility index (Phi) is 7.32. The zero-order valence-electron chi connectivity index (χ0n) is 22.1. The van der Waals surface area contributed by atoms with Crippen molar-refractivity contribution < 1.29 is 9.21 Å². The number of nitrogens with two attached hydrogens (primary N) is 1. The molecule has 0 unspecified atom stereocenters. The van der Waals surface area contributed by atoms with Crippen LogP contribution in [0.2, 0.25) is 0 Å². The molecule has 0 aliphatic carbocycles. The van der Waals surface area contributed by atoms with Gasteiger partial charge in [-0.15, -0.1) is 5.92 Å². The van der Waals surface area contributed by atoms with Gasteiger partial charge in [0.2, 0.25) is 5.89 Å². The van der Waals surface area contributed by atoms with Crippen molar-refractivity contribution in [2.45, 2.75) is 44.7 Å². The van der Waals surface area contributed by atoms with Crippen molar-refractivity contribution >= 4 is 5.91 Å². The largest absolute Gasteiger partial charge is 0.439 e. The van der Waals surface area contributed by atoms with E-state index in [1.54, 1.807) is 25.3 Å². The number of carbonyl (C=O) groups is 1. The van der Waals surface area contributed by atoms with Crippen LogP contribution in [0.5, 0.6) is 0 Å². The summed E-state index contributed by atoms with van der Waals surface area (Å²) >= 11 is 0. The molecule has 1 fully saturated rings. The van der Waals surface area contributed by atoms with Gasteiger partial charge in [0.05, 0.1) is 29.4 Å². The first-order valence-corrected chi connectivity index (χ1v) is 13.1. The summed E-state index contributed by atoms with van der Waals surface area (Å²) in [5.41, 5.74) is 10.1. The lowest BCUT2D eigenvalue weighted by Crippen LogP contribution is -2.35. The summed E-state index contributed by atoms with van der Waals surface area (Å²) in [6, 6.07) is 25.0. The molecule has 6 heteroatoms. The predicted octanol–water partition coefficient (Wildman–Crippen LogP) is 5.92. The van der Waals surface area contributed by atoms with Gasteiger partial charge in [0.25, 0.3) is 5.91 Å². The first kappa shape index (κ1) is 26.0. The average molecular weight is 515 g/mol. The van der Waals surface area contributed by atoms with E-state index in [0.717, 1.165) is 29.5 Å². The minimum Gasteiger partial charge on any atom is -0.439 e. The normalized spacial score (nSPS) is 16.2. The van der Waals surface area contributed by atoms with Gasteiger partial charge < -0.3 is 15.1 Å². The second-order valence-electron chi connectivity index (χ2n) is 10.1. The van der Waals surface area contributed by atoms with Crippen molar-refractivity contribution in [3.05, 3.63) is 101 Å². The molecule has 2 N–H and O–H groups in total. The molecule has 39 heavy (non-hydrogen) atoms.